The van der Waals surface area contributed by atoms with E-state index >= 15 is 0 Å². The number of aryl methyl sites for hydroxylation is 2. The van der Waals surface area contributed by atoms with Gasteiger partial charge in [-0.3, -0.25) is 9.59 Å². The Morgan fingerprint density at radius 2 is 2.19 bits per heavy atom. The van der Waals surface area contributed by atoms with E-state index in [-0.39, 0.29) is 12.5 Å². The number of hydrogen-bond donors (Lipinski definition) is 1. The number of rotatable bonds is 4. The number of methoxy groups -OCH3 is 1. The molecule has 1 N–H and O–H groups in total. The third kappa shape index (κ3) is 3.06. The molecule has 0 saturated heterocycles. The zero-order valence-electron chi connectivity index (χ0n) is 9.62. The summed E-state index contributed by atoms with van der Waals surface area (Å²) >= 11 is 1.44. The van der Waals surface area contributed by atoms with Gasteiger partial charge in [-0.25, -0.2) is 0 Å². The second-order valence-electron chi connectivity index (χ2n) is 3.30. The molecule has 16 heavy (non-hydrogen) atoms. The van der Waals surface area contributed by atoms with Crippen molar-refractivity contribution < 1.29 is 14.3 Å². The van der Waals surface area contributed by atoms with Crippen LogP contribution in [0.15, 0.2) is 6.07 Å². The zero-order valence-corrected chi connectivity index (χ0v) is 10.4. The van der Waals surface area contributed by atoms with Gasteiger partial charge in [-0.1, -0.05) is 6.92 Å². The van der Waals surface area contributed by atoms with Gasteiger partial charge < -0.3 is 10.1 Å². The Balaban J connectivity index is 2.62. The second kappa shape index (κ2) is 5.65. The third-order valence-corrected chi connectivity index (χ3v) is 3.34. The van der Waals surface area contributed by atoms with Gasteiger partial charge in [0, 0.05) is 4.88 Å². The van der Waals surface area contributed by atoms with Crippen LogP contribution in [0.5, 0.6) is 0 Å². The lowest BCUT2D eigenvalue weighted by Crippen LogP contribution is -2.29. The summed E-state index contributed by atoms with van der Waals surface area (Å²) in [6, 6.07) is 1.87. The number of hydrogen-bond acceptors (Lipinski definition) is 4. The molecule has 4 nitrogen and oxygen atoms in total. The predicted molar refractivity (Wildman–Crippen MR) is 62.8 cm³/mol. The van der Waals surface area contributed by atoms with Crippen LogP contribution < -0.4 is 5.32 Å². The SMILES string of the molecule is CCc1cc(C(=O)NCC(=O)OC)sc1C. The second-order valence-corrected chi connectivity index (χ2v) is 4.56. The van der Waals surface area contributed by atoms with Crippen molar-refractivity contribution in [2.45, 2.75) is 20.3 Å². The first-order valence-electron chi connectivity index (χ1n) is 5.02. The summed E-state index contributed by atoms with van der Waals surface area (Å²) in [7, 11) is 1.29. The molecule has 5 heteroatoms. The maximum absolute atomic E-state index is 11.6. The highest BCUT2D eigenvalue weighted by molar-refractivity contribution is 7.14. The first-order valence-corrected chi connectivity index (χ1v) is 5.84. The molecule has 0 aliphatic heterocycles. The van der Waals surface area contributed by atoms with E-state index < -0.39 is 5.97 Å². The molecule has 0 saturated carbocycles. The molecular weight excluding hydrogens is 226 g/mol. The largest absolute Gasteiger partial charge is 0.468 e. The lowest BCUT2D eigenvalue weighted by atomic mass is 10.2. The van der Waals surface area contributed by atoms with E-state index in [1.54, 1.807) is 0 Å². The van der Waals surface area contributed by atoms with Crippen molar-refractivity contribution in [2.24, 2.45) is 0 Å². The molecule has 0 spiro atoms. The summed E-state index contributed by atoms with van der Waals surface area (Å²) in [6.45, 7) is 3.94. The van der Waals surface area contributed by atoms with Crippen LogP contribution in [-0.4, -0.2) is 25.5 Å². The molecule has 0 aromatic carbocycles. The number of ether oxygens (including phenoxy) is 1. The van der Waals surface area contributed by atoms with Crippen molar-refractivity contribution >= 4 is 23.2 Å². The van der Waals surface area contributed by atoms with Gasteiger partial charge in [0.05, 0.1) is 12.0 Å². The Kier molecular flexibility index (Phi) is 4.49. The number of esters is 1. The average Bonchev–Trinajstić information content (AvgIpc) is 2.66. The predicted octanol–water partition coefficient (Wildman–Crippen LogP) is 1.52. The molecule has 0 atom stereocenters. The molecule has 0 radical (unpaired) electrons. The monoisotopic (exact) mass is 241 g/mol. The summed E-state index contributed by atoms with van der Waals surface area (Å²) in [6.07, 6.45) is 0.909. The number of carbonyl (C=O) groups excluding carboxylic acids is 2. The minimum absolute atomic E-state index is 0.0895. The van der Waals surface area contributed by atoms with Crippen molar-refractivity contribution in [3.63, 3.8) is 0 Å². The quantitative estimate of drug-likeness (QED) is 0.813. The first-order chi connectivity index (χ1) is 7.58. The molecule has 0 fully saturated rings. The van der Waals surface area contributed by atoms with Crippen molar-refractivity contribution in [2.75, 3.05) is 13.7 Å². The number of amides is 1. The standard InChI is InChI=1S/C11H15NO3S/c1-4-8-5-9(16-7(8)2)11(14)12-6-10(13)15-3/h5H,4,6H2,1-3H3,(H,12,14). The molecule has 1 aromatic heterocycles. The van der Waals surface area contributed by atoms with Crippen molar-refractivity contribution in [3.05, 3.63) is 21.4 Å². The van der Waals surface area contributed by atoms with E-state index in [1.807, 2.05) is 19.9 Å². The van der Waals surface area contributed by atoms with Gasteiger partial charge >= 0.3 is 5.97 Å². The fourth-order valence-corrected chi connectivity index (χ4v) is 2.32. The minimum atomic E-state index is -0.447. The van der Waals surface area contributed by atoms with Gasteiger partial charge in [0.15, 0.2) is 0 Å². The Morgan fingerprint density at radius 3 is 2.69 bits per heavy atom. The first kappa shape index (κ1) is 12.7. The summed E-state index contributed by atoms with van der Waals surface area (Å²) < 4.78 is 4.44. The molecule has 88 valence electrons. The van der Waals surface area contributed by atoms with Gasteiger partial charge in [0.2, 0.25) is 0 Å². The lowest BCUT2D eigenvalue weighted by Gasteiger charge is -2.00. The van der Waals surface area contributed by atoms with E-state index in [2.05, 4.69) is 10.1 Å². The van der Waals surface area contributed by atoms with Gasteiger partial charge in [0.25, 0.3) is 5.91 Å². The van der Waals surface area contributed by atoms with Crippen LogP contribution in [0, 0.1) is 6.92 Å². The molecule has 0 aliphatic carbocycles. The maximum Gasteiger partial charge on any atom is 0.325 e. The Bertz CT molecular complexity index is 398. The molecule has 0 bridgehead atoms. The Morgan fingerprint density at radius 1 is 1.50 bits per heavy atom. The van der Waals surface area contributed by atoms with Gasteiger partial charge in [-0.2, -0.15) is 0 Å². The van der Waals surface area contributed by atoms with Crippen molar-refractivity contribution in [1.82, 2.24) is 5.32 Å². The highest BCUT2D eigenvalue weighted by Gasteiger charge is 2.12. The van der Waals surface area contributed by atoms with Crippen LogP contribution in [0.4, 0.5) is 0 Å². The number of thiophene rings is 1. The third-order valence-electron chi connectivity index (χ3n) is 2.25. The highest BCUT2D eigenvalue weighted by atomic mass is 32.1. The summed E-state index contributed by atoms with van der Waals surface area (Å²) in [5, 5.41) is 2.51. The van der Waals surface area contributed by atoms with Crippen molar-refractivity contribution in [3.8, 4) is 0 Å². The van der Waals surface area contributed by atoms with Crippen LogP contribution >= 0.6 is 11.3 Å². The van der Waals surface area contributed by atoms with E-state index in [0.29, 0.717) is 4.88 Å². The van der Waals surface area contributed by atoms with Crippen LogP contribution in [0.1, 0.15) is 27.0 Å². The topological polar surface area (TPSA) is 55.4 Å². The van der Waals surface area contributed by atoms with Crippen molar-refractivity contribution in [1.29, 1.82) is 0 Å². The molecule has 1 rings (SSSR count). The summed E-state index contributed by atoms with van der Waals surface area (Å²) in [4.78, 5) is 24.3. The average molecular weight is 241 g/mol. The number of carbonyl (C=O) groups is 2. The van der Waals surface area contributed by atoms with Gasteiger partial charge in [-0.15, -0.1) is 11.3 Å². The van der Waals surface area contributed by atoms with Gasteiger partial charge in [-0.05, 0) is 25.0 Å². The maximum atomic E-state index is 11.6. The normalized spacial score (nSPS) is 9.94. The van der Waals surface area contributed by atoms with E-state index in [9.17, 15) is 9.59 Å². The van der Waals surface area contributed by atoms with E-state index in [1.165, 1.54) is 24.0 Å². The molecule has 0 unspecified atom stereocenters. The zero-order chi connectivity index (χ0) is 12.1. The molecular formula is C11H15NO3S. The molecule has 1 aromatic rings. The molecule has 0 aliphatic rings. The fourth-order valence-electron chi connectivity index (χ4n) is 1.29. The molecule has 1 amide bonds. The van der Waals surface area contributed by atoms with Crippen LogP contribution in [0.25, 0.3) is 0 Å². The Hall–Kier alpha value is -1.36. The van der Waals surface area contributed by atoms with Crippen LogP contribution in [0.2, 0.25) is 0 Å². The minimum Gasteiger partial charge on any atom is -0.468 e. The lowest BCUT2D eigenvalue weighted by molar-refractivity contribution is -0.139. The fraction of sp³-hybridized carbons (Fsp3) is 0.455. The van der Waals surface area contributed by atoms with Crippen LogP contribution in [0.3, 0.4) is 0 Å². The highest BCUT2D eigenvalue weighted by Crippen LogP contribution is 2.21. The summed E-state index contributed by atoms with van der Waals surface area (Å²) in [5.74, 6) is -0.671. The molecule has 1 heterocycles. The van der Waals surface area contributed by atoms with Gasteiger partial charge in [0.1, 0.15) is 6.54 Å². The summed E-state index contributed by atoms with van der Waals surface area (Å²) in [5.41, 5.74) is 1.17. The van der Waals surface area contributed by atoms with E-state index in [4.69, 9.17) is 0 Å². The number of nitrogens with one attached hydrogen (secondary N) is 1. The van der Waals surface area contributed by atoms with Crippen LogP contribution in [-0.2, 0) is 16.0 Å². The Labute approximate surface area is 98.6 Å². The van der Waals surface area contributed by atoms with E-state index in [0.717, 1.165) is 11.3 Å². The smallest absolute Gasteiger partial charge is 0.325 e.